The number of carbonyl (C=O) groups is 2. The molecule has 2 N–H and O–H groups in total. The van der Waals surface area contributed by atoms with Gasteiger partial charge in [-0.1, -0.05) is 12.1 Å². The molecule has 4 nitrogen and oxygen atoms in total. The number of benzene rings is 1. The van der Waals surface area contributed by atoms with Gasteiger partial charge in [0.25, 0.3) is 0 Å². The fourth-order valence-electron chi connectivity index (χ4n) is 2.84. The van der Waals surface area contributed by atoms with Crippen LogP contribution in [0.3, 0.4) is 0 Å². The number of amides is 1. The lowest BCUT2D eigenvalue weighted by Gasteiger charge is -2.30. The molecule has 0 heterocycles. The van der Waals surface area contributed by atoms with E-state index in [9.17, 15) is 22.8 Å². The number of halogens is 3. The van der Waals surface area contributed by atoms with E-state index < -0.39 is 18.1 Å². The summed E-state index contributed by atoms with van der Waals surface area (Å²) in [5.41, 5.74) is 0.660. The predicted octanol–water partition coefficient (Wildman–Crippen LogP) is 3.16. The van der Waals surface area contributed by atoms with Crippen LogP contribution >= 0.6 is 0 Å². The van der Waals surface area contributed by atoms with E-state index in [0.29, 0.717) is 18.4 Å². The van der Waals surface area contributed by atoms with Gasteiger partial charge in [-0.3, -0.25) is 4.79 Å². The van der Waals surface area contributed by atoms with Gasteiger partial charge < -0.3 is 10.4 Å². The Balaban J connectivity index is 1.84. The quantitative estimate of drug-likeness (QED) is 0.892. The number of hydrogen-bond donors (Lipinski definition) is 2. The number of rotatable bonds is 4. The summed E-state index contributed by atoms with van der Waals surface area (Å²) in [6, 6.07) is 5.81. The van der Waals surface area contributed by atoms with Crippen molar-refractivity contribution < 1.29 is 27.9 Å². The van der Waals surface area contributed by atoms with Crippen LogP contribution in [0, 0.1) is 5.92 Å². The lowest BCUT2D eigenvalue weighted by atomic mass is 9.85. The number of hydrogen-bond acceptors (Lipinski definition) is 2. The zero-order valence-corrected chi connectivity index (χ0v) is 12.4. The van der Waals surface area contributed by atoms with E-state index in [0.717, 1.165) is 0 Å². The van der Waals surface area contributed by atoms with Crippen molar-refractivity contribution in [1.29, 1.82) is 0 Å². The Kier molecular flexibility index (Phi) is 5.28. The van der Waals surface area contributed by atoms with Crippen molar-refractivity contribution in [3.8, 4) is 0 Å². The van der Waals surface area contributed by atoms with Gasteiger partial charge in [-0.15, -0.1) is 0 Å². The summed E-state index contributed by atoms with van der Waals surface area (Å²) in [7, 11) is 0. The fourth-order valence-corrected chi connectivity index (χ4v) is 2.84. The second-order valence-electron chi connectivity index (χ2n) is 5.84. The normalized spacial score (nSPS) is 21.7. The van der Waals surface area contributed by atoms with Gasteiger partial charge >= 0.3 is 12.1 Å². The molecule has 0 bridgehead atoms. The molecule has 2 rings (SSSR count). The molecular formula is C16H18F3NO3. The highest BCUT2D eigenvalue weighted by Crippen LogP contribution is 2.37. The maximum absolute atomic E-state index is 12.6. The van der Waals surface area contributed by atoms with Crippen LogP contribution in [0.15, 0.2) is 24.3 Å². The molecule has 0 aliphatic heterocycles. The SMILES string of the molecule is O=C(Cc1cccc(C(=O)O)c1)NC1CCC(C(F)(F)F)CC1. The molecule has 0 radical (unpaired) electrons. The minimum atomic E-state index is -4.16. The summed E-state index contributed by atoms with van der Waals surface area (Å²) in [5, 5.41) is 11.6. The third kappa shape index (κ3) is 4.97. The molecule has 23 heavy (non-hydrogen) atoms. The Labute approximate surface area is 131 Å². The van der Waals surface area contributed by atoms with Gasteiger partial charge in [-0.25, -0.2) is 4.79 Å². The largest absolute Gasteiger partial charge is 0.478 e. The van der Waals surface area contributed by atoms with Crippen LogP contribution in [0.1, 0.15) is 41.6 Å². The molecule has 0 saturated heterocycles. The third-order valence-corrected chi connectivity index (χ3v) is 4.09. The molecule has 1 amide bonds. The van der Waals surface area contributed by atoms with E-state index in [-0.39, 0.29) is 36.8 Å². The van der Waals surface area contributed by atoms with Crippen LogP contribution in [-0.4, -0.2) is 29.2 Å². The van der Waals surface area contributed by atoms with Crippen molar-refractivity contribution >= 4 is 11.9 Å². The molecule has 1 aliphatic rings. The molecule has 7 heteroatoms. The average molecular weight is 329 g/mol. The van der Waals surface area contributed by atoms with Crippen LogP contribution in [-0.2, 0) is 11.2 Å². The minimum absolute atomic E-state index is 0.0142. The molecule has 1 fully saturated rings. The van der Waals surface area contributed by atoms with Crippen molar-refractivity contribution in [2.75, 3.05) is 0 Å². The number of aromatic carboxylic acids is 1. The molecule has 126 valence electrons. The molecule has 1 saturated carbocycles. The second-order valence-corrected chi connectivity index (χ2v) is 5.84. The standard InChI is InChI=1S/C16H18F3NO3/c17-16(18,19)12-4-6-13(7-5-12)20-14(21)9-10-2-1-3-11(8-10)15(22)23/h1-3,8,12-13H,4-7,9H2,(H,20,21)(H,22,23). The molecule has 0 spiro atoms. The molecule has 0 aromatic heterocycles. The van der Waals surface area contributed by atoms with E-state index in [2.05, 4.69) is 5.32 Å². The van der Waals surface area contributed by atoms with Crippen molar-refractivity contribution in [1.82, 2.24) is 5.32 Å². The Bertz CT molecular complexity index is 578. The van der Waals surface area contributed by atoms with Gasteiger partial charge in [0.1, 0.15) is 0 Å². The lowest BCUT2D eigenvalue weighted by molar-refractivity contribution is -0.182. The van der Waals surface area contributed by atoms with E-state index in [1.165, 1.54) is 12.1 Å². The first-order valence-electron chi connectivity index (χ1n) is 7.44. The second kappa shape index (κ2) is 7.02. The third-order valence-electron chi connectivity index (χ3n) is 4.09. The predicted molar refractivity (Wildman–Crippen MR) is 77.0 cm³/mol. The van der Waals surface area contributed by atoms with Crippen LogP contribution in [0.4, 0.5) is 13.2 Å². The summed E-state index contributed by atoms with van der Waals surface area (Å²) in [6.45, 7) is 0. The summed E-state index contributed by atoms with van der Waals surface area (Å²) in [5.74, 6) is -2.65. The van der Waals surface area contributed by atoms with Crippen LogP contribution in [0.2, 0.25) is 0 Å². The maximum atomic E-state index is 12.6. The van der Waals surface area contributed by atoms with Crippen molar-refractivity contribution in [3.05, 3.63) is 35.4 Å². The van der Waals surface area contributed by atoms with Crippen molar-refractivity contribution in [3.63, 3.8) is 0 Å². The number of nitrogens with one attached hydrogen (secondary N) is 1. The Morgan fingerprint density at radius 1 is 1.17 bits per heavy atom. The van der Waals surface area contributed by atoms with E-state index in [1.807, 2.05) is 0 Å². The summed E-state index contributed by atoms with van der Waals surface area (Å²) >= 11 is 0. The monoisotopic (exact) mass is 329 g/mol. The van der Waals surface area contributed by atoms with Crippen LogP contribution < -0.4 is 5.32 Å². The smallest absolute Gasteiger partial charge is 0.391 e. The minimum Gasteiger partial charge on any atom is -0.478 e. The highest BCUT2D eigenvalue weighted by Gasteiger charge is 2.41. The Hall–Kier alpha value is -2.05. The topological polar surface area (TPSA) is 66.4 Å². The van der Waals surface area contributed by atoms with Gasteiger partial charge in [0.05, 0.1) is 17.9 Å². The first-order valence-corrected chi connectivity index (χ1v) is 7.44. The molecular weight excluding hydrogens is 311 g/mol. The van der Waals surface area contributed by atoms with E-state index in [1.54, 1.807) is 12.1 Å². The first kappa shape index (κ1) is 17.3. The molecule has 1 aromatic rings. The lowest BCUT2D eigenvalue weighted by Crippen LogP contribution is -2.40. The van der Waals surface area contributed by atoms with Crippen LogP contribution in [0.5, 0.6) is 0 Å². The number of carbonyl (C=O) groups excluding carboxylic acids is 1. The first-order chi connectivity index (χ1) is 10.8. The van der Waals surface area contributed by atoms with Gasteiger partial charge in [-0.2, -0.15) is 13.2 Å². The van der Waals surface area contributed by atoms with Gasteiger partial charge in [0.15, 0.2) is 0 Å². The number of carboxylic acid groups (broad SMARTS) is 1. The van der Waals surface area contributed by atoms with Gasteiger partial charge in [0, 0.05) is 6.04 Å². The average Bonchev–Trinajstić information content (AvgIpc) is 2.47. The maximum Gasteiger partial charge on any atom is 0.391 e. The van der Waals surface area contributed by atoms with E-state index >= 15 is 0 Å². The number of carboxylic acids is 1. The van der Waals surface area contributed by atoms with E-state index in [4.69, 9.17) is 5.11 Å². The zero-order valence-electron chi connectivity index (χ0n) is 12.4. The fraction of sp³-hybridized carbons (Fsp3) is 0.500. The van der Waals surface area contributed by atoms with Crippen LogP contribution in [0.25, 0.3) is 0 Å². The molecule has 1 aromatic carbocycles. The molecule has 0 unspecified atom stereocenters. The zero-order chi connectivity index (χ0) is 17.0. The van der Waals surface area contributed by atoms with Gasteiger partial charge in [0.2, 0.25) is 5.91 Å². The highest BCUT2D eigenvalue weighted by molar-refractivity contribution is 5.88. The Morgan fingerprint density at radius 3 is 2.39 bits per heavy atom. The van der Waals surface area contributed by atoms with Crippen molar-refractivity contribution in [2.24, 2.45) is 5.92 Å². The van der Waals surface area contributed by atoms with Gasteiger partial charge in [-0.05, 0) is 43.4 Å². The summed E-state index contributed by atoms with van der Waals surface area (Å²) in [4.78, 5) is 22.8. The van der Waals surface area contributed by atoms with Crippen molar-refractivity contribution in [2.45, 2.75) is 44.3 Å². The molecule has 0 atom stereocenters. The summed E-state index contributed by atoms with van der Waals surface area (Å²) < 4.78 is 37.8. The molecule has 1 aliphatic carbocycles. The Morgan fingerprint density at radius 2 is 1.83 bits per heavy atom. The number of alkyl halides is 3. The highest BCUT2D eigenvalue weighted by atomic mass is 19.4. The summed E-state index contributed by atoms with van der Waals surface area (Å²) in [6.07, 6.45) is -3.46.